The zero-order valence-corrected chi connectivity index (χ0v) is 17.7. The first-order valence-corrected chi connectivity index (χ1v) is 10.7. The molecule has 3 aromatic rings. The molecule has 0 saturated heterocycles. The number of rotatable bonds is 8. The Morgan fingerprint density at radius 2 is 2.00 bits per heavy atom. The monoisotopic (exact) mass is 418 g/mol. The van der Waals surface area contributed by atoms with Crippen LogP contribution < -0.4 is 5.32 Å². The van der Waals surface area contributed by atoms with Crippen molar-refractivity contribution in [3.63, 3.8) is 0 Å². The smallest absolute Gasteiger partial charge is 0.278 e. The first-order valence-electron chi connectivity index (χ1n) is 9.12. The molecule has 0 atom stereocenters. The topological polar surface area (TPSA) is 75.9 Å². The molecular weight excluding hydrogens is 396 g/mol. The first-order chi connectivity index (χ1) is 13.6. The number of anilines is 1. The van der Waals surface area contributed by atoms with Crippen LogP contribution in [0.2, 0.25) is 5.02 Å². The third kappa shape index (κ3) is 4.45. The van der Waals surface area contributed by atoms with Crippen LogP contribution in [0.4, 0.5) is 5.95 Å². The fourth-order valence-electron chi connectivity index (χ4n) is 2.95. The molecule has 1 amide bonds. The second-order valence-corrected chi connectivity index (χ2v) is 7.29. The number of nitrogens with zero attached hydrogens (tertiary/aromatic N) is 5. The number of hydrogen-bond acceptors (Lipinski definition) is 6. The van der Waals surface area contributed by atoms with E-state index in [0.29, 0.717) is 17.6 Å². The number of benzene rings is 1. The number of carbonyl (C=O) groups is 1. The largest absolute Gasteiger partial charge is 0.309 e. The maximum absolute atomic E-state index is 12.8. The Hall–Kier alpha value is -2.16. The third-order valence-electron chi connectivity index (χ3n) is 4.53. The van der Waals surface area contributed by atoms with Crippen LogP contribution in [0.3, 0.4) is 0 Å². The predicted molar refractivity (Wildman–Crippen MR) is 114 cm³/mol. The molecule has 2 heterocycles. The molecule has 3 rings (SSSR count). The van der Waals surface area contributed by atoms with E-state index in [1.807, 2.05) is 35.1 Å². The number of fused-ring (bicyclic) bond motifs is 1. The zero-order valence-electron chi connectivity index (χ0n) is 16.1. The van der Waals surface area contributed by atoms with Gasteiger partial charge in [-0.1, -0.05) is 49.3 Å². The SMILES string of the molecule is CCN(CC)CCn1c(NC(=O)c2nc(SC)ncc2Cl)nc2ccccc21. The van der Waals surface area contributed by atoms with Gasteiger partial charge in [-0.05, 0) is 31.5 Å². The second-order valence-electron chi connectivity index (χ2n) is 6.11. The summed E-state index contributed by atoms with van der Waals surface area (Å²) in [6.07, 6.45) is 3.29. The van der Waals surface area contributed by atoms with Gasteiger partial charge in [-0.3, -0.25) is 10.1 Å². The van der Waals surface area contributed by atoms with Gasteiger partial charge >= 0.3 is 0 Å². The molecule has 0 spiro atoms. The minimum absolute atomic E-state index is 0.142. The van der Waals surface area contributed by atoms with Crippen LogP contribution in [-0.2, 0) is 6.54 Å². The van der Waals surface area contributed by atoms with Crippen molar-refractivity contribution in [2.24, 2.45) is 0 Å². The molecule has 0 aliphatic carbocycles. The van der Waals surface area contributed by atoms with Crippen LogP contribution >= 0.6 is 23.4 Å². The van der Waals surface area contributed by atoms with Gasteiger partial charge in [-0.15, -0.1) is 0 Å². The molecule has 0 saturated carbocycles. The Labute approximate surface area is 173 Å². The lowest BCUT2D eigenvalue weighted by atomic mass is 10.3. The molecule has 0 bridgehead atoms. The highest BCUT2D eigenvalue weighted by Crippen LogP contribution is 2.22. The highest BCUT2D eigenvalue weighted by atomic mass is 35.5. The van der Waals surface area contributed by atoms with Crippen molar-refractivity contribution in [3.8, 4) is 0 Å². The van der Waals surface area contributed by atoms with Gasteiger partial charge in [0.2, 0.25) is 5.95 Å². The Kier molecular flexibility index (Phi) is 6.88. The summed E-state index contributed by atoms with van der Waals surface area (Å²) in [6, 6.07) is 7.84. The molecule has 9 heteroatoms. The second kappa shape index (κ2) is 9.36. The number of nitrogens with one attached hydrogen (secondary N) is 1. The number of thioether (sulfide) groups is 1. The van der Waals surface area contributed by atoms with Gasteiger partial charge in [0.15, 0.2) is 10.9 Å². The lowest BCUT2D eigenvalue weighted by Gasteiger charge is -2.19. The van der Waals surface area contributed by atoms with E-state index in [9.17, 15) is 4.79 Å². The van der Waals surface area contributed by atoms with Crippen LogP contribution in [0.1, 0.15) is 24.3 Å². The van der Waals surface area contributed by atoms with E-state index in [2.05, 4.69) is 39.0 Å². The van der Waals surface area contributed by atoms with Gasteiger partial charge in [0.05, 0.1) is 22.3 Å². The zero-order chi connectivity index (χ0) is 20.1. The molecule has 0 aliphatic heterocycles. The maximum Gasteiger partial charge on any atom is 0.278 e. The molecular formula is C19H23ClN6OS. The summed E-state index contributed by atoms with van der Waals surface area (Å²) in [4.78, 5) is 28.1. The molecule has 0 unspecified atom stereocenters. The summed E-state index contributed by atoms with van der Waals surface area (Å²) in [6.45, 7) is 7.79. The molecule has 28 heavy (non-hydrogen) atoms. The predicted octanol–water partition coefficient (Wildman–Crippen LogP) is 3.80. The van der Waals surface area contributed by atoms with Gasteiger partial charge in [0.25, 0.3) is 5.91 Å². The van der Waals surface area contributed by atoms with E-state index in [1.54, 1.807) is 0 Å². The number of aromatic nitrogens is 4. The summed E-state index contributed by atoms with van der Waals surface area (Å²) in [7, 11) is 0. The average molecular weight is 419 g/mol. The minimum Gasteiger partial charge on any atom is -0.309 e. The normalized spacial score (nSPS) is 11.3. The van der Waals surface area contributed by atoms with Crippen molar-refractivity contribution < 1.29 is 4.79 Å². The summed E-state index contributed by atoms with van der Waals surface area (Å²) >= 11 is 7.50. The van der Waals surface area contributed by atoms with Crippen LogP contribution in [0, 0.1) is 0 Å². The number of likely N-dealkylation sites (N-methyl/N-ethyl adjacent to an activating group) is 1. The van der Waals surface area contributed by atoms with Crippen LogP contribution in [0.15, 0.2) is 35.6 Å². The van der Waals surface area contributed by atoms with E-state index in [4.69, 9.17) is 11.6 Å². The number of halogens is 1. The molecule has 0 radical (unpaired) electrons. The van der Waals surface area contributed by atoms with Crippen molar-refractivity contribution in [2.75, 3.05) is 31.2 Å². The quantitative estimate of drug-likeness (QED) is 0.443. The number of hydrogen-bond donors (Lipinski definition) is 1. The van der Waals surface area contributed by atoms with E-state index in [0.717, 1.165) is 30.7 Å². The molecule has 0 aliphatic rings. The standard InChI is InChI=1S/C19H23ClN6OS/c1-4-25(5-2)10-11-26-15-9-7-6-8-14(15)22-18(26)24-17(27)16-13(20)12-21-19(23-16)28-3/h6-9,12H,4-5,10-11H2,1-3H3,(H,22,24,27). The number of para-hydroxylation sites is 2. The Balaban J connectivity index is 1.92. The molecule has 1 aromatic carbocycles. The molecule has 0 fully saturated rings. The lowest BCUT2D eigenvalue weighted by molar-refractivity contribution is 0.102. The fraction of sp³-hybridized carbons (Fsp3) is 0.368. The van der Waals surface area contributed by atoms with Crippen molar-refractivity contribution in [3.05, 3.63) is 41.2 Å². The summed E-state index contributed by atoms with van der Waals surface area (Å²) < 4.78 is 2.02. The average Bonchev–Trinajstić information content (AvgIpc) is 3.06. The maximum atomic E-state index is 12.8. The van der Waals surface area contributed by atoms with E-state index < -0.39 is 5.91 Å². The van der Waals surface area contributed by atoms with E-state index >= 15 is 0 Å². The molecule has 7 nitrogen and oxygen atoms in total. The fourth-order valence-corrected chi connectivity index (χ4v) is 3.47. The Morgan fingerprint density at radius 1 is 1.25 bits per heavy atom. The van der Waals surface area contributed by atoms with Gasteiger partial charge < -0.3 is 9.47 Å². The van der Waals surface area contributed by atoms with Crippen molar-refractivity contribution in [1.29, 1.82) is 0 Å². The minimum atomic E-state index is -0.401. The first kappa shape index (κ1) is 20.6. The van der Waals surface area contributed by atoms with Crippen molar-refractivity contribution in [2.45, 2.75) is 25.5 Å². The van der Waals surface area contributed by atoms with Crippen LogP contribution in [0.5, 0.6) is 0 Å². The number of imidazole rings is 1. The van der Waals surface area contributed by atoms with E-state index in [1.165, 1.54) is 18.0 Å². The molecule has 148 valence electrons. The summed E-state index contributed by atoms with van der Waals surface area (Å²) in [5.74, 6) is 0.0841. The number of amides is 1. The lowest BCUT2D eigenvalue weighted by Crippen LogP contribution is -2.28. The highest BCUT2D eigenvalue weighted by molar-refractivity contribution is 7.98. The molecule has 2 aromatic heterocycles. The summed E-state index contributed by atoms with van der Waals surface area (Å²) in [5, 5.41) is 3.58. The number of carbonyl (C=O) groups excluding carboxylic acids is 1. The summed E-state index contributed by atoms with van der Waals surface area (Å²) in [5.41, 5.74) is 1.95. The van der Waals surface area contributed by atoms with Gasteiger partial charge in [-0.2, -0.15) is 0 Å². The van der Waals surface area contributed by atoms with Crippen LogP contribution in [-0.4, -0.2) is 56.2 Å². The van der Waals surface area contributed by atoms with Gasteiger partial charge in [0.1, 0.15) is 0 Å². The van der Waals surface area contributed by atoms with E-state index in [-0.39, 0.29) is 10.7 Å². The highest BCUT2D eigenvalue weighted by Gasteiger charge is 2.18. The van der Waals surface area contributed by atoms with Crippen molar-refractivity contribution >= 4 is 46.3 Å². The Morgan fingerprint density at radius 3 is 2.71 bits per heavy atom. The third-order valence-corrected chi connectivity index (χ3v) is 5.37. The molecule has 1 N–H and O–H groups in total. The van der Waals surface area contributed by atoms with Gasteiger partial charge in [-0.25, -0.2) is 15.0 Å². The van der Waals surface area contributed by atoms with Gasteiger partial charge in [0, 0.05) is 13.1 Å². The Bertz CT molecular complexity index is 972. The van der Waals surface area contributed by atoms with Crippen LogP contribution in [0.25, 0.3) is 11.0 Å². The van der Waals surface area contributed by atoms with Crippen molar-refractivity contribution in [1.82, 2.24) is 24.4 Å².